The summed E-state index contributed by atoms with van der Waals surface area (Å²) < 4.78 is 60.9. The fourth-order valence-corrected chi connectivity index (χ4v) is 10.3. The summed E-state index contributed by atoms with van der Waals surface area (Å²) in [4.78, 5) is 11.7. The molecular formula is C54H38N2S. The topological polar surface area (TPSA) is 25.8 Å². The van der Waals surface area contributed by atoms with E-state index in [9.17, 15) is 1.37 Å². The Morgan fingerprint density at radius 2 is 1.07 bits per heavy atom. The maximum atomic E-state index is 9.24. The zero-order valence-electron chi connectivity index (χ0n) is 37.8. The van der Waals surface area contributed by atoms with Gasteiger partial charge in [-0.15, -0.1) is 11.3 Å². The molecule has 2 nitrogen and oxygen atoms in total. The van der Waals surface area contributed by atoms with E-state index >= 15 is 0 Å². The molecule has 270 valence electrons. The van der Waals surface area contributed by atoms with Crippen LogP contribution in [0.15, 0.2) is 200 Å². The maximum absolute atomic E-state index is 9.24. The quantitative estimate of drug-likeness (QED) is 0.158. The highest BCUT2D eigenvalue weighted by atomic mass is 32.1. The van der Waals surface area contributed by atoms with Crippen LogP contribution in [0.3, 0.4) is 0 Å². The number of fused-ring (bicyclic) bond motifs is 5. The molecule has 0 N–H and O–H groups in total. The smallest absolute Gasteiger partial charge is 0.0971 e. The average molecular weight is 754 g/mol. The molecule has 0 aliphatic heterocycles. The molecule has 0 amide bonds. The van der Waals surface area contributed by atoms with E-state index in [0.717, 1.165) is 16.0 Å². The zero-order valence-corrected chi connectivity index (χ0v) is 31.6. The number of hydrogen-bond acceptors (Lipinski definition) is 3. The summed E-state index contributed by atoms with van der Waals surface area (Å²) in [5, 5.41) is 1.88. The molecule has 0 spiro atoms. The third-order valence-electron chi connectivity index (χ3n) is 11.4. The number of pyridine rings is 2. The zero-order chi connectivity index (χ0) is 43.8. The number of aromatic nitrogens is 2. The van der Waals surface area contributed by atoms with Crippen LogP contribution in [0.2, 0.25) is 0 Å². The summed E-state index contributed by atoms with van der Waals surface area (Å²) >= 11 is 1.86. The van der Waals surface area contributed by atoms with Crippen LogP contribution in [0, 0.1) is 11.8 Å². The Morgan fingerprint density at radius 1 is 0.526 bits per heavy atom. The van der Waals surface area contributed by atoms with E-state index in [2.05, 4.69) is 139 Å². The molecule has 2 unspecified atom stereocenters. The van der Waals surface area contributed by atoms with Gasteiger partial charge in [-0.25, -0.2) is 4.98 Å². The fourth-order valence-electron chi connectivity index (χ4n) is 8.85. The van der Waals surface area contributed by atoms with E-state index in [-0.39, 0.29) is 69.5 Å². The van der Waals surface area contributed by atoms with Gasteiger partial charge in [0, 0.05) is 49.7 Å². The minimum absolute atomic E-state index is 0.0155. The highest BCUT2D eigenvalue weighted by Crippen LogP contribution is 2.54. The molecule has 3 heteroatoms. The first kappa shape index (κ1) is 27.0. The van der Waals surface area contributed by atoms with Gasteiger partial charge < -0.3 is 0 Å². The van der Waals surface area contributed by atoms with E-state index in [1.54, 1.807) is 0 Å². The van der Waals surface area contributed by atoms with Crippen LogP contribution in [0.1, 0.15) is 33.0 Å². The van der Waals surface area contributed by atoms with Gasteiger partial charge in [-0.05, 0) is 74.3 Å². The first-order chi connectivity index (χ1) is 31.2. The van der Waals surface area contributed by atoms with Crippen molar-refractivity contribution >= 4 is 49.9 Å². The summed E-state index contributed by atoms with van der Waals surface area (Å²) in [6, 6.07) is 38.4. The van der Waals surface area contributed by atoms with Gasteiger partial charge in [-0.2, -0.15) is 0 Å². The lowest BCUT2D eigenvalue weighted by Crippen LogP contribution is -2.34. The maximum Gasteiger partial charge on any atom is 0.0971 e. The van der Waals surface area contributed by atoms with Gasteiger partial charge in [-0.1, -0.05) is 176 Å². The van der Waals surface area contributed by atoms with Gasteiger partial charge >= 0.3 is 0 Å². The number of rotatable bonds is 6. The summed E-state index contributed by atoms with van der Waals surface area (Å²) in [5.41, 5.74) is 10.9. The molecule has 3 aliphatic carbocycles. The summed E-state index contributed by atoms with van der Waals surface area (Å²) in [6.45, 7) is 0. The molecule has 3 aromatic heterocycles. The van der Waals surface area contributed by atoms with Gasteiger partial charge in [0.25, 0.3) is 0 Å². The predicted molar refractivity (Wildman–Crippen MR) is 240 cm³/mol. The number of hydrogen-bond donors (Lipinski definition) is 0. The summed E-state index contributed by atoms with van der Waals surface area (Å²) in [6.07, 6.45) is 14.4. The number of benzene rings is 5. The largest absolute Gasteiger partial charge is 0.254 e. The first-order valence-electron chi connectivity index (χ1n) is 22.8. The Hall–Kier alpha value is -6.68. The summed E-state index contributed by atoms with van der Waals surface area (Å²) in [5.74, 6) is 0.115. The van der Waals surface area contributed by atoms with Crippen LogP contribution < -0.4 is 10.4 Å². The Bertz CT molecular complexity index is 3520. The van der Waals surface area contributed by atoms with E-state index in [4.69, 9.17) is 13.2 Å². The van der Waals surface area contributed by atoms with Crippen molar-refractivity contribution < 1.29 is 9.60 Å². The van der Waals surface area contributed by atoms with E-state index in [1.807, 2.05) is 29.5 Å². The van der Waals surface area contributed by atoms with Gasteiger partial charge in [0.15, 0.2) is 0 Å². The van der Waals surface area contributed by atoms with Crippen LogP contribution in [0.4, 0.5) is 0 Å². The highest BCUT2D eigenvalue weighted by Gasteiger charge is 2.35. The SMILES string of the molecule is [2H]c1nc2c(c([2H])c1[2H])c([2H])c([2H])c1c([2H])c([2H])c(C3=c4ccccc4=C(C4=CC=C(c5sc(-c6ccccc6)c(-c6ccccc6)c5-c5ccccc5)C5C=CC=CC45)CC3)nc12. The molecule has 57 heavy (non-hydrogen) atoms. The molecule has 0 fully saturated rings. The normalized spacial score (nSPS) is 19.1. The Balaban J connectivity index is 1.14. The fraction of sp³-hybridized carbons (Fsp3) is 0.0741. The Labute approximate surface area is 346 Å². The van der Waals surface area contributed by atoms with Gasteiger partial charge in [-0.3, -0.25) is 4.98 Å². The molecular weight excluding hydrogens is 709 g/mol. The molecule has 5 aromatic carbocycles. The minimum Gasteiger partial charge on any atom is -0.254 e. The third kappa shape index (κ3) is 5.77. The van der Waals surface area contributed by atoms with Crippen molar-refractivity contribution in [1.82, 2.24) is 9.97 Å². The monoisotopic (exact) mass is 753 g/mol. The van der Waals surface area contributed by atoms with Crippen LogP contribution in [0.5, 0.6) is 0 Å². The Kier molecular flexibility index (Phi) is 6.69. The highest BCUT2D eigenvalue weighted by molar-refractivity contribution is 7.18. The number of nitrogens with zero attached hydrogens (tertiary/aromatic N) is 2. The van der Waals surface area contributed by atoms with Crippen molar-refractivity contribution in [1.29, 1.82) is 0 Å². The van der Waals surface area contributed by atoms with Crippen LogP contribution in [-0.2, 0) is 0 Å². The van der Waals surface area contributed by atoms with Gasteiger partial charge in [0.1, 0.15) is 0 Å². The molecule has 3 aliphatic rings. The minimum atomic E-state index is -0.442. The molecule has 2 atom stereocenters. The molecule has 0 saturated carbocycles. The van der Waals surface area contributed by atoms with E-state index < -0.39 is 12.2 Å². The molecule has 11 rings (SSSR count). The van der Waals surface area contributed by atoms with Crippen molar-refractivity contribution in [2.45, 2.75) is 12.8 Å². The van der Waals surface area contributed by atoms with Crippen molar-refractivity contribution in [3.05, 3.63) is 221 Å². The lowest BCUT2D eigenvalue weighted by molar-refractivity contribution is 0.652. The van der Waals surface area contributed by atoms with Crippen molar-refractivity contribution in [2.75, 3.05) is 0 Å². The molecule has 8 aromatic rings. The Morgan fingerprint density at radius 3 is 1.77 bits per heavy atom. The summed E-state index contributed by atoms with van der Waals surface area (Å²) in [7, 11) is 0. The van der Waals surface area contributed by atoms with Crippen LogP contribution in [0.25, 0.3) is 71.2 Å². The van der Waals surface area contributed by atoms with Gasteiger partial charge in [0.05, 0.1) is 26.3 Å². The molecule has 0 radical (unpaired) electrons. The number of thiophene rings is 1. The standard InChI is InChI=1S/C54H38N2S/c1-4-15-35(16-5-1)49-50(36-17-6-2-7-18-36)54(57-53(49)39-19-8-3-9-20-39)47-32-30-45(41-23-11-13-25-43(41)47)44-29-31-46(42-24-12-10-22-40(42)44)48-33-28-38-27-26-37-21-14-34-55-51(37)52(38)56-48/h1-28,30,32-34,41,43H,29,31H2/i14D,21D,26D,27D,28D,33D,34D. The lowest BCUT2D eigenvalue weighted by atomic mass is 9.70. The van der Waals surface area contributed by atoms with E-state index in [1.165, 1.54) is 54.3 Å². The second-order valence-electron chi connectivity index (χ2n) is 14.6. The lowest BCUT2D eigenvalue weighted by Gasteiger charge is -2.34. The van der Waals surface area contributed by atoms with Crippen molar-refractivity contribution in [3.63, 3.8) is 0 Å². The van der Waals surface area contributed by atoms with Crippen LogP contribution >= 0.6 is 11.3 Å². The van der Waals surface area contributed by atoms with E-state index in [0.29, 0.717) is 12.8 Å². The third-order valence-corrected chi connectivity index (χ3v) is 12.7. The van der Waals surface area contributed by atoms with Crippen molar-refractivity contribution in [2.24, 2.45) is 11.8 Å². The molecule has 0 saturated heterocycles. The molecule has 0 bridgehead atoms. The van der Waals surface area contributed by atoms with Crippen LogP contribution in [-0.4, -0.2) is 9.97 Å². The predicted octanol–water partition coefficient (Wildman–Crippen LogP) is 12.4. The van der Waals surface area contributed by atoms with Crippen molar-refractivity contribution in [3.8, 4) is 32.7 Å². The second-order valence-corrected chi connectivity index (χ2v) is 15.6. The average Bonchev–Trinajstić information content (AvgIpc) is 3.74. The number of allylic oxidation sites excluding steroid dienone is 8. The molecule has 3 heterocycles. The first-order valence-corrected chi connectivity index (χ1v) is 20.1. The van der Waals surface area contributed by atoms with Gasteiger partial charge in [0.2, 0.25) is 0 Å². The second kappa shape index (κ2) is 14.1.